The molecule has 0 aliphatic carbocycles. The van der Waals surface area contributed by atoms with Crippen LogP contribution in [0, 0.1) is 28.8 Å². The number of nitriles is 1. The molecule has 178 valence electrons. The van der Waals surface area contributed by atoms with Gasteiger partial charge in [-0.15, -0.1) is 0 Å². The van der Waals surface area contributed by atoms with Crippen LogP contribution in [0.3, 0.4) is 0 Å². The molecule has 13 heteroatoms. The first-order valence-corrected chi connectivity index (χ1v) is 10.5. The fraction of sp³-hybridized carbons (Fsp3) is 0.273. The van der Waals surface area contributed by atoms with Crippen molar-refractivity contribution in [3.05, 3.63) is 59.2 Å². The van der Waals surface area contributed by atoms with Gasteiger partial charge in [0.05, 0.1) is 31.5 Å². The number of rotatable bonds is 4. The van der Waals surface area contributed by atoms with Gasteiger partial charge < -0.3 is 9.64 Å². The molecule has 1 fully saturated rings. The molecule has 2 amide bonds. The number of benzene rings is 1. The molecule has 4 heterocycles. The minimum Gasteiger partial charge on any atom is -0.468 e. The lowest BCUT2D eigenvalue weighted by Crippen LogP contribution is -2.59. The topological polar surface area (TPSA) is 113 Å². The van der Waals surface area contributed by atoms with Gasteiger partial charge in [-0.3, -0.25) is 4.68 Å². The van der Waals surface area contributed by atoms with E-state index < -0.39 is 35.6 Å². The molecule has 3 aromatic rings. The number of hydrogen-bond donors (Lipinski definition) is 0. The summed E-state index contributed by atoms with van der Waals surface area (Å²) >= 11 is 0. The first kappa shape index (κ1) is 22.3. The van der Waals surface area contributed by atoms with Crippen molar-refractivity contribution in [3.8, 4) is 23.5 Å². The molecule has 2 aliphatic heterocycles. The zero-order valence-electron chi connectivity index (χ0n) is 18.3. The van der Waals surface area contributed by atoms with Gasteiger partial charge in [0.25, 0.3) is 5.88 Å². The lowest BCUT2D eigenvalue weighted by molar-refractivity contribution is 0.0230. The number of halogens is 3. The third-order valence-electron chi connectivity index (χ3n) is 5.68. The summed E-state index contributed by atoms with van der Waals surface area (Å²) in [5, 5.41) is 18.5. The van der Waals surface area contributed by atoms with E-state index in [4.69, 9.17) is 4.74 Å². The average Bonchev–Trinajstić information content (AvgIpc) is 3.43. The molecular weight excluding hydrogens is 465 g/mol. The highest BCUT2D eigenvalue weighted by atomic mass is 19.1. The lowest BCUT2D eigenvalue weighted by atomic mass is 10.0. The predicted octanol–water partition coefficient (Wildman–Crippen LogP) is 2.78. The number of hydrogen-bond acceptors (Lipinski definition) is 7. The van der Waals surface area contributed by atoms with E-state index in [1.165, 1.54) is 39.1 Å². The number of hydrazone groups is 1. The van der Waals surface area contributed by atoms with E-state index in [-0.39, 0.29) is 30.4 Å². The molecule has 2 aliphatic rings. The highest BCUT2D eigenvalue weighted by Crippen LogP contribution is 2.32. The second kappa shape index (κ2) is 8.71. The fourth-order valence-electron chi connectivity index (χ4n) is 3.95. The van der Waals surface area contributed by atoms with E-state index >= 15 is 0 Å². The number of carbonyl (C=O) groups is 1. The number of aromatic nitrogens is 4. The minimum absolute atomic E-state index is 0.0711. The molecule has 1 saturated heterocycles. The van der Waals surface area contributed by atoms with Gasteiger partial charge in [0.15, 0.2) is 5.82 Å². The van der Waals surface area contributed by atoms with Crippen molar-refractivity contribution in [2.45, 2.75) is 18.6 Å². The first-order valence-electron chi connectivity index (χ1n) is 10.5. The molecule has 1 atom stereocenters. The van der Waals surface area contributed by atoms with Gasteiger partial charge in [-0.05, 0) is 17.7 Å². The van der Waals surface area contributed by atoms with Gasteiger partial charge in [0.1, 0.15) is 35.1 Å². The third kappa shape index (κ3) is 4.14. The maximum Gasteiger partial charge on any atom is 0.341 e. The van der Waals surface area contributed by atoms with Crippen LogP contribution in [0.25, 0.3) is 11.5 Å². The Kier molecular flexibility index (Phi) is 5.56. The molecule has 0 spiro atoms. The van der Waals surface area contributed by atoms with Crippen LogP contribution in [0.5, 0.6) is 5.88 Å². The predicted molar refractivity (Wildman–Crippen MR) is 114 cm³/mol. The Bertz CT molecular complexity index is 1360. The molecular formula is C22H17F3N8O2. The summed E-state index contributed by atoms with van der Waals surface area (Å²) in [6.45, 7) is 0.256. The summed E-state index contributed by atoms with van der Waals surface area (Å²) in [6.07, 6.45) is 3.56. The molecule has 0 bridgehead atoms. The van der Waals surface area contributed by atoms with Crippen LogP contribution in [-0.2, 0) is 7.05 Å². The second-order valence-electron chi connectivity index (χ2n) is 8.01. The SMILES string of the molecule is Cn1ncc(C#N)c1-c1ncc(F)c(OC2CN(C(=O)N3N=CC[C@H]3c3cc(F)cc(F)c3)C2)n1. The van der Waals surface area contributed by atoms with Crippen molar-refractivity contribution >= 4 is 12.2 Å². The van der Waals surface area contributed by atoms with Crippen molar-refractivity contribution in [1.29, 1.82) is 5.26 Å². The van der Waals surface area contributed by atoms with Crippen molar-refractivity contribution in [2.75, 3.05) is 13.1 Å². The van der Waals surface area contributed by atoms with Gasteiger partial charge in [-0.25, -0.2) is 23.6 Å². The van der Waals surface area contributed by atoms with E-state index in [2.05, 4.69) is 20.2 Å². The van der Waals surface area contributed by atoms with Gasteiger partial charge >= 0.3 is 6.03 Å². The van der Waals surface area contributed by atoms with E-state index in [1.54, 1.807) is 7.05 Å². The largest absolute Gasteiger partial charge is 0.468 e. The van der Waals surface area contributed by atoms with Crippen LogP contribution in [0.4, 0.5) is 18.0 Å². The molecule has 35 heavy (non-hydrogen) atoms. The quantitative estimate of drug-likeness (QED) is 0.565. The van der Waals surface area contributed by atoms with E-state index in [9.17, 15) is 23.2 Å². The molecule has 1 aromatic carbocycles. The van der Waals surface area contributed by atoms with E-state index in [1.807, 2.05) is 6.07 Å². The van der Waals surface area contributed by atoms with Gasteiger partial charge in [0.2, 0.25) is 5.82 Å². The number of amides is 2. The van der Waals surface area contributed by atoms with E-state index in [0.717, 1.165) is 12.3 Å². The highest BCUT2D eigenvalue weighted by Gasteiger charge is 2.39. The Balaban J connectivity index is 1.26. The zero-order chi connectivity index (χ0) is 24.7. The van der Waals surface area contributed by atoms with Crippen LogP contribution < -0.4 is 4.74 Å². The highest BCUT2D eigenvalue weighted by molar-refractivity contribution is 5.79. The lowest BCUT2D eigenvalue weighted by Gasteiger charge is -2.40. The number of likely N-dealkylation sites (tertiary alicyclic amines) is 1. The monoisotopic (exact) mass is 482 g/mol. The van der Waals surface area contributed by atoms with Crippen LogP contribution in [0.1, 0.15) is 23.6 Å². The number of nitrogens with zero attached hydrogens (tertiary/aromatic N) is 8. The van der Waals surface area contributed by atoms with Crippen LogP contribution in [0.15, 0.2) is 35.7 Å². The molecule has 0 unspecified atom stereocenters. The maximum atomic E-state index is 14.3. The van der Waals surface area contributed by atoms with Crippen molar-refractivity contribution in [1.82, 2.24) is 29.7 Å². The maximum absolute atomic E-state index is 14.3. The van der Waals surface area contributed by atoms with E-state index in [0.29, 0.717) is 17.7 Å². The Labute approximate surface area is 196 Å². The molecule has 0 N–H and O–H groups in total. The standard InChI is InChI=1S/C22H17F3N8O2/c1-31-19(13(7-26)8-29-31)20-27-9-17(25)21(30-20)35-16-10-32(11-16)22(34)33-18(2-3-28-33)12-4-14(23)6-15(24)5-12/h3-6,8-9,16,18H,2,10-11H2,1H3/t18-/m0/s1. The Hall–Kier alpha value is -4.47. The van der Waals surface area contributed by atoms with Crippen molar-refractivity contribution in [3.63, 3.8) is 0 Å². The average molecular weight is 482 g/mol. The normalized spacial score (nSPS) is 17.4. The second-order valence-corrected chi connectivity index (χ2v) is 8.01. The zero-order valence-corrected chi connectivity index (χ0v) is 18.3. The minimum atomic E-state index is -0.795. The first-order chi connectivity index (χ1) is 16.8. The Morgan fingerprint density at radius 2 is 1.91 bits per heavy atom. The summed E-state index contributed by atoms with van der Waals surface area (Å²) in [7, 11) is 1.60. The molecule has 5 rings (SSSR count). The number of carbonyl (C=O) groups excluding carboxylic acids is 1. The van der Waals surface area contributed by atoms with Crippen LogP contribution in [-0.4, -0.2) is 61.1 Å². The summed E-state index contributed by atoms with van der Waals surface area (Å²) < 4.78 is 48.6. The molecule has 0 saturated carbocycles. The van der Waals surface area contributed by atoms with Crippen LogP contribution in [0.2, 0.25) is 0 Å². The summed E-state index contributed by atoms with van der Waals surface area (Å²) in [4.78, 5) is 22.4. The van der Waals surface area contributed by atoms with Gasteiger partial charge in [0, 0.05) is 25.7 Å². The Morgan fingerprint density at radius 3 is 2.63 bits per heavy atom. The summed E-state index contributed by atoms with van der Waals surface area (Å²) in [5.74, 6) is -2.52. The third-order valence-corrected chi connectivity index (χ3v) is 5.68. The summed E-state index contributed by atoms with van der Waals surface area (Å²) in [5.41, 5.74) is 0.836. The van der Waals surface area contributed by atoms with Crippen LogP contribution >= 0.6 is 0 Å². The Morgan fingerprint density at radius 1 is 1.17 bits per heavy atom. The molecule has 10 nitrogen and oxygen atoms in total. The summed E-state index contributed by atoms with van der Waals surface area (Å²) in [6, 6.07) is 3.97. The number of ether oxygens (including phenoxy) is 1. The molecule has 0 radical (unpaired) electrons. The van der Waals surface area contributed by atoms with Crippen molar-refractivity contribution in [2.24, 2.45) is 12.1 Å². The number of urea groups is 1. The number of aryl methyl sites for hydroxylation is 1. The molecule has 2 aromatic heterocycles. The van der Waals surface area contributed by atoms with Crippen molar-refractivity contribution < 1.29 is 22.7 Å². The smallest absolute Gasteiger partial charge is 0.341 e. The van der Waals surface area contributed by atoms with Gasteiger partial charge in [-0.2, -0.15) is 24.8 Å². The fourth-order valence-corrected chi connectivity index (χ4v) is 3.95. The van der Waals surface area contributed by atoms with Gasteiger partial charge in [-0.1, -0.05) is 0 Å².